The summed E-state index contributed by atoms with van der Waals surface area (Å²) < 4.78 is 7.17. The first-order valence-electron chi connectivity index (χ1n) is 6.24. The maximum Gasteiger partial charge on any atom is 0.274 e. The van der Waals surface area contributed by atoms with E-state index >= 15 is 0 Å². The molecule has 0 radical (unpaired) electrons. The number of nitrogens with one attached hydrogen (secondary N) is 1. The highest BCUT2D eigenvalue weighted by molar-refractivity contribution is 5.41. The average molecular weight is 236 g/mol. The largest absolute Gasteiger partial charge is 0.381 e. The molecule has 1 fully saturated rings. The van der Waals surface area contributed by atoms with E-state index in [4.69, 9.17) is 4.74 Å². The number of pyridine rings is 1. The second-order valence-corrected chi connectivity index (χ2v) is 4.78. The summed E-state index contributed by atoms with van der Waals surface area (Å²) in [5, 5.41) is 3.19. The number of hydrogen-bond donors (Lipinski definition) is 1. The van der Waals surface area contributed by atoms with Gasteiger partial charge in [-0.25, -0.2) is 0 Å². The quantitative estimate of drug-likeness (QED) is 0.873. The van der Waals surface area contributed by atoms with Crippen molar-refractivity contribution in [2.24, 2.45) is 0 Å². The predicted molar refractivity (Wildman–Crippen MR) is 68.6 cm³/mol. The molecule has 4 nitrogen and oxygen atoms in total. The van der Waals surface area contributed by atoms with Gasteiger partial charge in [0.2, 0.25) is 0 Å². The van der Waals surface area contributed by atoms with Crippen LogP contribution in [0.15, 0.2) is 23.1 Å². The van der Waals surface area contributed by atoms with Crippen LogP contribution in [-0.2, 0) is 4.74 Å². The fraction of sp³-hybridized carbons (Fsp3) is 0.615. The van der Waals surface area contributed by atoms with Gasteiger partial charge >= 0.3 is 0 Å². The van der Waals surface area contributed by atoms with E-state index in [0.717, 1.165) is 26.1 Å². The van der Waals surface area contributed by atoms with Crippen molar-refractivity contribution in [3.05, 3.63) is 28.7 Å². The lowest BCUT2D eigenvalue weighted by Crippen LogP contribution is -2.31. The van der Waals surface area contributed by atoms with Gasteiger partial charge in [-0.3, -0.25) is 4.79 Å². The highest BCUT2D eigenvalue weighted by atomic mass is 16.5. The zero-order valence-corrected chi connectivity index (χ0v) is 10.5. The molecule has 0 aromatic carbocycles. The van der Waals surface area contributed by atoms with Gasteiger partial charge in [0, 0.05) is 31.5 Å². The van der Waals surface area contributed by atoms with Gasteiger partial charge in [-0.2, -0.15) is 0 Å². The van der Waals surface area contributed by atoms with Gasteiger partial charge in [0.25, 0.3) is 5.56 Å². The minimum absolute atomic E-state index is 0.0769. The molecule has 94 valence electrons. The minimum atomic E-state index is 0.0769. The summed E-state index contributed by atoms with van der Waals surface area (Å²) in [5.74, 6) is 0. The van der Waals surface area contributed by atoms with E-state index in [9.17, 15) is 4.79 Å². The number of nitrogens with zero attached hydrogens (tertiary/aromatic N) is 1. The Kier molecular flexibility index (Phi) is 3.84. The Balaban J connectivity index is 2.25. The third kappa shape index (κ3) is 2.88. The summed E-state index contributed by atoms with van der Waals surface area (Å²) in [6.07, 6.45) is 3.72. The molecule has 0 bridgehead atoms. The minimum Gasteiger partial charge on any atom is -0.381 e. The van der Waals surface area contributed by atoms with Crippen molar-refractivity contribution in [3.8, 4) is 0 Å². The molecular weight excluding hydrogens is 216 g/mol. The molecule has 1 N–H and O–H groups in total. The monoisotopic (exact) mass is 236 g/mol. The maximum absolute atomic E-state index is 12.3. The first-order valence-corrected chi connectivity index (χ1v) is 6.24. The molecule has 0 unspecified atom stereocenters. The molecule has 1 aliphatic heterocycles. The van der Waals surface area contributed by atoms with Crippen molar-refractivity contribution in [2.75, 3.05) is 18.5 Å². The Labute approximate surface area is 102 Å². The average Bonchev–Trinajstić information content (AvgIpc) is 2.32. The molecule has 1 aromatic heterocycles. The summed E-state index contributed by atoms with van der Waals surface area (Å²) in [7, 11) is 0. The van der Waals surface area contributed by atoms with Crippen LogP contribution in [0.2, 0.25) is 0 Å². The van der Waals surface area contributed by atoms with Gasteiger partial charge < -0.3 is 14.6 Å². The summed E-state index contributed by atoms with van der Waals surface area (Å²) >= 11 is 0. The Morgan fingerprint density at radius 3 is 2.76 bits per heavy atom. The Hall–Kier alpha value is -1.29. The third-order valence-electron chi connectivity index (χ3n) is 3.00. The van der Waals surface area contributed by atoms with Crippen LogP contribution in [0.5, 0.6) is 0 Å². The van der Waals surface area contributed by atoms with Crippen molar-refractivity contribution in [1.82, 2.24) is 4.57 Å². The lowest BCUT2D eigenvalue weighted by molar-refractivity contribution is 0.0687. The normalized spacial score (nSPS) is 17.4. The molecule has 1 saturated heterocycles. The number of hydrogen-bond acceptors (Lipinski definition) is 3. The van der Waals surface area contributed by atoms with E-state index in [1.807, 2.05) is 36.7 Å². The Bertz CT molecular complexity index is 420. The highest BCUT2D eigenvalue weighted by Crippen LogP contribution is 2.19. The second-order valence-electron chi connectivity index (χ2n) is 4.78. The molecule has 4 heteroatoms. The van der Waals surface area contributed by atoms with Crippen molar-refractivity contribution < 1.29 is 4.74 Å². The molecule has 0 saturated carbocycles. The Morgan fingerprint density at radius 1 is 1.41 bits per heavy atom. The van der Waals surface area contributed by atoms with E-state index in [1.54, 1.807) is 0 Å². The van der Waals surface area contributed by atoms with Crippen molar-refractivity contribution >= 4 is 5.69 Å². The van der Waals surface area contributed by atoms with Crippen LogP contribution in [0.4, 0.5) is 5.69 Å². The molecule has 0 amide bonds. The van der Waals surface area contributed by atoms with Crippen molar-refractivity contribution in [2.45, 2.75) is 38.8 Å². The van der Waals surface area contributed by atoms with Gasteiger partial charge in [0.1, 0.15) is 5.69 Å². The van der Waals surface area contributed by atoms with Crippen LogP contribution in [0.1, 0.15) is 32.7 Å². The SMILES string of the molecule is CC(C)Nc1cccn(C2CCOCC2)c1=O. The third-order valence-corrected chi connectivity index (χ3v) is 3.00. The van der Waals surface area contributed by atoms with Crippen LogP contribution >= 0.6 is 0 Å². The van der Waals surface area contributed by atoms with Crippen LogP contribution in [0.25, 0.3) is 0 Å². The first-order chi connectivity index (χ1) is 8.18. The van der Waals surface area contributed by atoms with Gasteiger partial charge in [-0.15, -0.1) is 0 Å². The van der Waals surface area contributed by atoms with Crippen molar-refractivity contribution in [1.29, 1.82) is 0 Å². The number of rotatable bonds is 3. The molecule has 1 aromatic rings. The fourth-order valence-electron chi connectivity index (χ4n) is 2.18. The molecule has 2 rings (SSSR count). The van der Waals surface area contributed by atoms with E-state index in [-0.39, 0.29) is 17.6 Å². The summed E-state index contributed by atoms with van der Waals surface area (Å²) in [6, 6.07) is 4.33. The molecule has 2 heterocycles. The first kappa shape index (κ1) is 12.2. The number of anilines is 1. The molecule has 0 aliphatic carbocycles. The molecule has 0 atom stereocenters. The predicted octanol–water partition coefficient (Wildman–Crippen LogP) is 2.02. The van der Waals surface area contributed by atoms with Crippen LogP contribution in [0.3, 0.4) is 0 Å². The molecule has 0 spiro atoms. The topological polar surface area (TPSA) is 43.3 Å². The number of aromatic nitrogens is 1. The van der Waals surface area contributed by atoms with Crippen LogP contribution in [-0.4, -0.2) is 23.8 Å². The standard InChI is InChI=1S/C13H20N2O2/c1-10(2)14-12-4-3-7-15(13(12)16)11-5-8-17-9-6-11/h3-4,7,10-11,14H,5-6,8-9H2,1-2H3. The maximum atomic E-state index is 12.3. The van der Waals surface area contributed by atoms with Crippen LogP contribution in [0, 0.1) is 0 Å². The van der Waals surface area contributed by atoms with Gasteiger partial charge in [0.05, 0.1) is 0 Å². The Morgan fingerprint density at radius 2 is 2.12 bits per heavy atom. The smallest absolute Gasteiger partial charge is 0.274 e. The van der Waals surface area contributed by atoms with Gasteiger partial charge in [-0.1, -0.05) is 0 Å². The zero-order chi connectivity index (χ0) is 12.3. The summed E-state index contributed by atoms with van der Waals surface area (Å²) in [5.41, 5.74) is 0.766. The van der Waals surface area contributed by atoms with Crippen LogP contribution < -0.4 is 10.9 Å². The summed E-state index contributed by atoms with van der Waals surface area (Å²) in [4.78, 5) is 12.3. The molecule has 17 heavy (non-hydrogen) atoms. The highest BCUT2D eigenvalue weighted by Gasteiger charge is 2.17. The molecular formula is C13H20N2O2. The lowest BCUT2D eigenvalue weighted by atomic mass is 10.1. The van der Waals surface area contributed by atoms with Gasteiger partial charge in [-0.05, 0) is 38.8 Å². The summed E-state index contributed by atoms with van der Waals surface area (Å²) in [6.45, 7) is 5.56. The lowest BCUT2D eigenvalue weighted by Gasteiger charge is -2.24. The molecule has 1 aliphatic rings. The van der Waals surface area contributed by atoms with E-state index in [2.05, 4.69) is 5.32 Å². The second kappa shape index (κ2) is 5.36. The van der Waals surface area contributed by atoms with E-state index < -0.39 is 0 Å². The number of ether oxygens (including phenoxy) is 1. The van der Waals surface area contributed by atoms with Crippen molar-refractivity contribution in [3.63, 3.8) is 0 Å². The van der Waals surface area contributed by atoms with Gasteiger partial charge in [0.15, 0.2) is 0 Å². The zero-order valence-electron chi connectivity index (χ0n) is 10.5. The van der Waals surface area contributed by atoms with E-state index in [1.165, 1.54) is 0 Å². The van der Waals surface area contributed by atoms with E-state index in [0.29, 0.717) is 5.69 Å². The fourth-order valence-corrected chi connectivity index (χ4v) is 2.18.